The Balaban J connectivity index is 1.12. The van der Waals surface area contributed by atoms with Gasteiger partial charge in [0.25, 0.3) is 0 Å². The van der Waals surface area contributed by atoms with Gasteiger partial charge in [0.2, 0.25) is 11.8 Å². The number of amides is 2. The quantitative estimate of drug-likeness (QED) is 0.464. The average molecular weight is 538 g/mol. The number of rotatable bonds is 7. The second-order valence-electron chi connectivity index (χ2n) is 9.46. The summed E-state index contributed by atoms with van der Waals surface area (Å²) in [5.41, 5.74) is 2.13. The number of anilines is 2. The third-order valence-corrected chi connectivity index (χ3v) is 8.08. The number of aliphatic hydroxyl groups is 1. The van der Waals surface area contributed by atoms with Crippen LogP contribution in [0.4, 0.5) is 16.2 Å². The Bertz CT molecular complexity index is 1390. The molecule has 0 bridgehead atoms. The van der Waals surface area contributed by atoms with E-state index in [9.17, 15) is 14.7 Å². The Morgan fingerprint density at radius 2 is 2.08 bits per heavy atom. The van der Waals surface area contributed by atoms with Crippen LogP contribution in [0.25, 0.3) is 10.9 Å². The van der Waals surface area contributed by atoms with Gasteiger partial charge in [0.1, 0.15) is 24.3 Å². The number of hydrogen-bond donors (Lipinski definition) is 2. The van der Waals surface area contributed by atoms with E-state index in [0.717, 1.165) is 15.8 Å². The van der Waals surface area contributed by atoms with E-state index in [0.29, 0.717) is 54.8 Å². The van der Waals surface area contributed by atoms with E-state index in [-0.39, 0.29) is 30.8 Å². The molecule has 12 heteroatoms. The van der Waals surface area contributed by atoms with E-state index < -0.39 is 6.09 Å². The normalized spacial score (nSPS) is 23.3. The molecular weight excluding hydrogens is 510 g/mol. The maximum Gasteiger partial charge on any atom is 0.414 e. The summed E-state index contributed by atoms with van der Waals surface area (Å²) >= 11 is 1.47. The molecule has 2 fully saturated rings. The summed E-state index contributed by atoms with van der Waals surface area (Å²) in [6.07, 6.45) is 1.07. The van der Waals surface area contributed by atoms with Gasteiger partial charge < -0.3 is 24.6 Å². The average Bonchev–Trinajstić information content (AvgIpc) is 3.50. The van der Waals surface area contributed by atoms with E-state index in [1.807, 2.05) is 30.3 Å². The van der Waals surface area contributed by atoms with Crippen LogP contribution in [0.15, 0.2) is 47.6 Å². The molecule has 198 valence electrons. The Morgan fingerprint density at radius 3 is 2.92 bits per heavy atom. The number of carbonyl (C=O) groups is 2. The zero-order chi connectivity index (χ0) is 26.2. The summed E-state index contributed by atoms with van der Waals surface area (Å²) in [5, 5.41) is 13.7. The van der Waals surface area contributed by atoms with Gasteiger partial charge in [-0.1, -0.05) is 0 Å². The zero-order valence-electron chi connectivity index (χ0n) is 20.7. The molecule has 2 amide bonds. The van der Waals surface area contributed by atoms with Crippen LogP contribution in [0.5, 0.6) is 11.6 Å². The fourth-order valence-corrected chi connectivity index (χ4v) is 5.94. The largest absolute Gasteiger partial charge is 0.497 e. The predicted octanol–water partition coefficient (Wildman–Crippen LogP) is 2.52. The molecule has 6 rings (SSSR count). The fraction of sp³-hybridized carbons (Fsp3) is 0.385. The van der Waals surface area contributed by atoms with E-state index in [2.05, 4.69) is 20.2 Å². The van der Waals surface area contributed by atoms with E-state index in [1.165, 1.54) is 18.1 Å². The summed E-state index contributed by atoms with van der Waals surface area (Å²) in [5.74, 6) is 1.48. The van der Waals surface area contributed by atoms with Gasteiger partial charge in [-0.3, -0.25) is 14.6 Å². The number of aliphatic hydroxyl groups excluding tert-OH is 1. The fourth-order valence-electron chi connectivity index (χ4n) is 5.16. The maximum atomic E-state index is 12.7. The highest BCUT2D eigenvalue weighted by Crippen LogP contribution is 2.36. The summed E-state index contributed by atoms with van der Waals surface area (Å²) in [4.78, 5) is 37.8. The van der Waals surface area contributed by atoms with Gasteiger partial charge in [0, 0.05) is 36.1 Å². The van der Waals surface area contributed by atoms with Crippen molar-refractivity contribution in [2.75, 3.05) is 49.3 Å². The van der Waals surface area contributed by atoms with Crippen molar-refractivity contribution in [3.05, 3.63) is 42.7 Å². The molecule has 4 heterocycles. The maximum absolute atomic E-state index is 12.7. The molecule has 1 aromatic heterocycles. The zero-order valence-corrected chi connectivity index (χ0v) is 21.5. The second-order valence-corrected chi connectivity index (χ2v) is 10.5. The molecule has 2 N–H and O–H groups in total. The molecule has 3 aromatic rings. The third kappa shape index (κ3) is 4.82. The second kappa shape index (κ2) is 10.3. The smallest absolute Gasteiger partial charge is 0.414 e. The van der Waals surface area contributed by atoms with Gasteiger partial charge in [-0.2, -0.15) is 0 Å². The molecule has 3 aliphatic heterocycles. The van der Waals surface area contributed by atoms with Gasteiger partial charge in [0.15, 0.2) is 0 Å². The number of likely N-dealkylation sites (tertiary alicyclic amines) is 1. The molecule has 1 unspecified atom stereocenters. The van der Waals surface area contributed by atoms with Crippen molar-refractivity contribution in [2.45, 2.75) is 29.6 Å². The molecule has 0 radical (unpaired) electrons. The number of benzene rings is 2. The summed E-state index contributed by atoms with van der Waals surface area (Å²) in [6.45, 7) is 1.35. The van der Waals surface area contributed by atoms with Gasteiger partial charge in [-0.25, -0.2) is 14.8 Å². The van der Waals surface area contributed by atoms with Crippen LogP contribution in [0, 0.1) is 0 Å². The van der Waals surface area contributed by atoms with Crippen molar-refractivity contribution in [3.8, 4) is 11.6 Å². The predicted molar refractivity (Wildman–Crippen MR) is 141 cm³/mol. The SMILES string of the molecule is COc1ccc2ncnc(O[C@H]3C[C@@H](CO)N(CC4CN(c5ccc6c(c5)NC(=O)CS6)C(=O)O4)C3)c2c1. The lowest BCUT2D eigenvalue weighted by Crippen LogP contribution is -2.40. The number of fused-ring (bicyclic) bond motifs is 2. The van der Waals surface area contributed by atoms with Crippen molar-refractivity contribution < 1.29 is 28.9 Å². The van der Waals surface area contributed by atoms with Crippen LogP contribution in [-0.4, -0.2) is 89.3 Å². The molecule has 11 nitrogen and oxygen atoms in total. The highest BCUT2D eigenvalue weighted by atomic mass is 32.2. The van der Waals surface area contributed by atoms with Crippen molar-refractivity contribution in [1.82, 2.24) is 14.9 Å². The molecule has 0 aliphatic carbocycles. The first kappa shape index (κ1) is 24.7. The molecule has 2 saturated heterocycles. The van der Waals surface area contributed by atoms with Crippen molar-refractivity contribution in [1.29, 1.82) is 0 Å². The van der Waals surface area contributed by atoms with Gasteiger partial charge >= 0.3 is 6.09 Å². The number of aromatic nitrogens is 2. The summed E-state index contributed by atoms with van der Waals surface area (Å²) in [6, 6.07) is 11.0. The van der Waals surface area contributed by atoms with Gasteiger partial charge in [-0.05, 0) is 36.4 Å². The van der Waals surface area contributed by atoms with Crippen LogP contribution in [0.3, 0.4) is 0 Å². The minimum absolute atomic E-state index is 0.0369. The number of thioether (sulfide) groups is 1. The van der Waals surface area contributed by atoms with Crippen molar-refractivity contribution in [2.24, 2.45) is 0 Å². The lowest BCUT2D eigenvalue weighted by molar-refractivity contribution is -0.113. The van der Waals surface area contributed by atoms with Crippen LogP contribution in [0.1, 0.15) is 6.42 Å². The first-order valence-corrected chi connectivity index (χ1v) is 13.3. The molecule has 0 spiro atoms. The van der Waals surface area contributed by atoms with Crippen LogP contribution in [-0.2, 0) is 9.53 Å². The number of cyclic esters (lactones) is 1. The number of methoxy groups -OCH3 is 1. The first-order chi connectivity index (χ1) is 18.5. The van der Waals surface area contributed by atoms with Crippen LogP contribution < -0.4 is 19.7 Å². The summed E-state index contributed by atoms with van der Waals surface area (Å²) in [7, 11) is 1.60. The lowest BCUT2D eigenvalue weighted by Gasteiger charge is -2.24. The molecular formula is C26H27N5O6S. The Labute approximate surface area is 223 Å². The Kier molecular flexibility index (Phi) is 6.68. The Hall–Kier alpha value is -3.61. The highest BCUT2D eigenvalue weighted by Gasteiger charge is 2.39. The van der Waals surface area contributed by atoms with Crippen LogP contribution in [0.2, 0.25) is 0 Å². The molecule has 2 aromatic carbocycles. The molecule has 3 aliphatic rings. The molecule has 3 atom stereocenters. The first-order valence-electron chi connectivity index (χ1n) is 12.4. The van der Waals surface area contributed by atoms with E-state index >= 15 is 0 Å². The number of nitrogens with one attached hydrogen (secondary N) is 1. The molecule has 0 saturated carbocycles. The number of carbonyl (C=O) groups excluding carboxylic acids is 2. The molecule has 38 heavy (non-hydrogen) atoms. The lowest BCUT2D eigenvalue weighted by atomic mass is 10.2. The highest BCUT2D eigenvalue weighted by molar-refractivity contribution is 8.00. The topological polar surface area (TPSA) is 126 Å². The van der Waals surface area contributed by atoms with Crippen molar-refractivity contribution in [3.63, 3.8) is 0 Å². The third-order valence-electron chi connectivity index (χ3n) is 7.00. The Morgan fingerprint density at radius 1 is 1.18 bits per heavy atom. The van der Waals surface area contributed by atoms with Gasteiger partial charge in [-0.15, -0.1) is 11.8 Å². The number of nitrogens with zero attached hydrogens (tertiary/aromatic N) is 4. The number of ether oxygens (including phenoxy) is 3. The minimum Gasteiger partial charge on any atom is -0.497 e. The van der Waals surface area contributed by atoms with E-state index in [4.69, 9.17) is 14.2 Å². The van der Waals surface area contributed by atoms with E-state index in [1.54, 1.807) is 18.1 Å². The monoisotopic (exact) mass is 537 g/mol. The standard InChI is InChI=1S/C26H27N5O6S/c1-35-17-3-4-21-20(8-17)25(28-14-27-21)36-18-6-16(12-32)30(9-18)10-19-11-31(26(34)37-19)15-2-5-23-22(7-15)29-24(33)13-38-23/h2-5,7-8,14,16,18-19,32H,6,9-13H2,1H3,(H,29,33)/t16-,18-,19?/m0/s1. The van der Waals surface area contributed by atoms with Crippen LogP contribution >= 0.6 is 11.8 Å². The van der Waals surface area contributed by atoms with Crippen molar-refractivity contribution >= 4 is 46.0 Å². The van der Waals surface area contributed by atoms with Gasteiger partial charge in [0.05, 0.1) is 42.6 Å². The summed E-state index contributed by atoms with van der Waals surface area (Å²) < 4.78 is 17.3. The minimum atomic E-state index is -0.432. The number of hydrogen-bond acceptors (Lipinski definition) is 10.